The number of nitrogens with zero attached hydrogens (tertiary/aromatic N) is 3. The molecule has 0 spiro atoms. The van der Waals surface area contributed by atoms with Crippen LogP contribution in [0.15, 0.2) is 18.3 Å². The number of nitrogens with one attached hydrogen (secondary N) is 1. The summed E-state index contributed by atoms with van der Waals surface area (Å²) >= 11 is 0. The van der Waals surface area contributed by atoms with Crippen molar-refractivity contribution < 1.29 is 9.18 Å². The summed E-state index contributed by atoms with van der Waals surface area (Å²) in [5.41, 5.74) is -0.828. The molecule has 1 aliphatic heterocycles. The van der Waals surface area contributed by atoms with Crippen LogP contribution in [0.2, 0.25) is 0 Å². The molecule has 1 aliphatic rings. The third-order valence-corrected chi connectivity index (χ3v) is 3.51. The third-order valence-electron chi connectivity index (χ3n) is 3.51. The number of nitriles is 1. The Morgan fingerprint density at radius 1 is 1.55 bits per heavy atom. The highest BCUT2D eigenvalue weighted by molar-refractivity contribution is 5.72. The molecule has 5 nitrogen and oxygen atoms in total. The summed E-state index contributed by atoms with van der Waals surface area (Å²) in [6, 6.07) is 5.50. The Morgan fingerprint density at radius 3 is 2.75 bits per heavy atom. The molecular weight excluding hydrogens is 259 g/mol. The zero-order valence-corrected chi connectivity index (χ0v) is 11.4. The van der Waals surface area contributed by atoms with Gasteiger partial charge in [-0.1, -0.05) is 0 Å². The largest absolute Gasteiger partial charge is 0.356 e. The van der Waals surface area contributed by atoms with Crippen LogP contribution in [-0.2, 0) is 4.79 Å². The van der Waals surface area contributed by atoms with Gasteiger partial charge in [0.25, 0.3) is 0 Å². The van der Waals surface area contributed by atoms with Gasteiger partial charge in [-0.3, -0.25) is 4.79 Å². The van der Waals surface area contributed by atoms with Gasteiger partial charge in [0, 0.05) is 39.1 Å². The predicted molar refractivity (Wildman–Crippen MR) is 72.9 cm³/mol. The Morgan fingerprint density at radius 2 is 2.25 bits per heavy atom. The second-order valence-electron chi connectivity index (χ2n) is 5.06. The van der Waals surface area contributed by atoms with Gasteiger partial charge in [0.05, 0.1) is 12.1 Å². The topological polar surface area (TPSA) is 69.0 Å². The Kier molecular flexibility index (Phi) is 4.18. The highest BCUT2D eigenvalue weighted by atomic mass is 19.1. The fraction of sp³-hybridized carbons (Fsp3) is 0.500. The number of amides is 1. The van der Waals surface area contributed by atoms with Gasteiger partial charge in [0.15, 0.2) is 0 Å². The number of piperidine rings is 1. The fourth-order valence-electron chi connectivity index (χ4n) is 2.24. The SMILES string of the molecule is CC(=O)NCC1(F)CCN(c2ccc(C#N)cn2)CC1. The molecule has 1 N–H and O–H groups in total. The lowest BCUT2D eigenvalue weighted by Gasteiger charge is -2.37. The van der Waals surface area contributed by atoms with E-state index in [1.807, 2.05) is 11.0 Å². The average Bonchev–Trinajstić information content (AvgIpc) is 2.46. The van der Waals surface area contributed by atoms with Crippen LogP contribution in [0.5, 0.6) is 0 Å². The number of halogens is 1. The van der Waals surface area contributed by atoms with E-state index in [0.29, 0.717) is 31.5 Å². The third kappa shape index (κ3) is 3.44. The lowest BCUT2D eigenvalue weighted by molar-refractivity contribution is -0.119. The smallest absolute Gasteiger partial charge is 0.216 e. The van der Waals surface area contributed by atoms with Crippen molar-refractivity contribution in [2.75, 3.05) is 24.5 Å². The van der Waals surface area contributed by atoms with Crippen molar-refractivity contribution in [2.24, 2.45) is 0 Å². The minimum Gasteiger partial charge on any atom is -0.356 e. The Hall–Kier alpha value is -2.16. The molecule has 1 aromatic heterocycles. The summed E-state index contributed by atoms with van der Waals surface area (Å²) in [6.45, 7) is 2.56. The van der Waals surface area contributed by atoms with Crippen LogP contribution < -0.4 is 10.2 Å². The minimum absolute atomic E-state index is 0.0664. The lowest BCUT2D eigenvalue weighted by Crippen LogP contribution is -2.48. The maximum Gasteiger partial charge on any atom is 0.216 e. The monoisotopic (exact) mass is 276 g/mol. The van der Waals surface area contributed by atoms with Crippen LogP contribution in [0.4, 0.5) is 10.2 Å². The van der Waals surface area contributed by atoms with Gasteiger partial charge in [0.2, 0.25) is 5.91 Å². The molecule has 0 radical (unpaired) electrons. The Labute approximate surface area is 117 Å². The molecule has 106 valence electrons. The van der Waals surface area contributed by atoms with Gasteiger partial charge in [-0.15, -0.1) is 0 Å². The molecule has 0 bridgehead atoms. The Bertz CT molecular complexity index is 515. The summed E-state index contributed by atoms with van der Waals surface area (Å²) in [5, 5.41) is 11.3. The van der Waals surface area contributed by atoms with E-state index in [1.165, 1.54) is 13.1 Å². The van der Waals surface area contributed by atoms with E-state index in [4.69, 9.17) is 5.26 Å². The Balaban J connectivity index is 1.93. The summed E-state index contributed by atoms with van der Waals surface area (Å²) in [6.07, 6.45) is 2.23. The fourth-order valence-corrected chi connectivity index (χ4v) is 2.24. The van der Waals surface area contributed by atoms with Gasteiger partial charge in [-0.2, -0.15) is 5.26 Å². The highest BCUT2D eigenvalue weighted by Crippen LogP contribution is 2.28. The summed E-state index contributed by atoms with van der Waals surface area (Å²) in [5.74, 6) is 0.545. The van der Waals surface area contributed by atoms with Crippen LogP contribution in [0.1, 0.15) is 25.3 Å². The number of carbonyl (C=O) groups excluding carboxylic acids is 1. The van der Waals surface area contributed by atoms with Gasteiger partial charge >= 0.3 is 0 Å². The van der Waals surface area contributed by atoms with Gasteiger partial charge in [-0.25, -0.2) is 9.37 Å². The molecule has 1 saturated heterocycles. The standard InChI is InChI=1S/C14H17FN4O/c1-11(20)18-10-14(15)4-6-19(7-5-14)13-3-2-12(8-16)9-17-13/h2-3,9H,4-7,10H2,1H3,(H,18,20). The van der Waals surface area contributed by atoms with E-state index < -0.39 is 5.67 Å². The molecule has 1 fully saturated rings. The van der Waals surface area contributed by atoms with Crippen LogP contribution in [0.25, 0.3) is 0 Å². The summed E-state index contributed by atoms with van der Waals surface area (Å²) in [7, 11) is 0. The number of alkyl halides is 1. The number of hydrogen-bond donors (Lipinski definition) is 1. The molecule has 0 aromatic carbocycles. The van der Waals surface area contributed by atoms with Gasteiger partial charge in [-0.05, 0) is 12.1 Å². The second-order valence-corrected chi connectivity index (χ2v) is 5.06. The second kappa shape index (κ2) is 5.87. The first kappa shape index (κ1) is 14.3. The van der Waals surface area contributed by atoms with E-state index in [-0.39, 0.29) is 12.5 Å². The van der Waals surface area contributed by atoms with Crippen LogP contribution in [0, 0.1) is 11.3 Å². The van der Waals surface area contributed by atoms with E-state index >= 15 is 0 Å². The number of hydrogen-bond acceptors (Lipinski definition) is 4. The first-order chi connectivity index (χ1) is 9.52. The zero-order chi connectivity index (χ0) is 14.6. The van der Waals surface area contributed by atoms with Crippen molar-refractivity contribution in [1.29, 1.82) is 5.26 Å². The molecule has 0 atom stereocenters. The molecule has 1 amide bonds. The molecule has 1 aromatic rings. The molecule has 2 rings (SSSR count). The first-order valence-electron chi connectivity index (χ1n) is 6.57. The van der Waals surface area contributed by atoms with E-state index in [1.54, 1.807) is 12.1 Å². The van der Waals surface area contributed by atoms with Crippen LogP contribution >= 0.6 is 0 Å². The van der Waals surface area contributed by atoms with Crippen molar-refractivity contribution in [1.82, 2.24) is 10.3 Å². The molecule has 6 heteroatoms. The summed E-state index contributed by atoms with van der Waals surface area (Å²) in [4.78, 5) is 17.0. The van der Waals surface area contributed by atoms with Gasteiger partial charge in [0.1, 0.15) is 17.6 Å². The number of aromatic nitrogens is 1. The van der Waals surface area contributed by atoms with Crippen molar-refractivity contribution >= 4 is 11.7 Å². The van der Waals surface area contributed by atoms with Crippen LogP contribution in [-0.4, -0.2) is 36.2 Å². The number of anilines is 1. The number of rotatable bonds is 3. The average molecular weight is 276 g/mol. The predicted octanol–water partition coefficient (Wildman–Crippen LogP) is 1.40. The number of pyridine rings is 1. The molecule has 20 heavy (non-hydrogen) atoms. The van der Waals surface area contributed by atoms with Crippen molar-refractivity contribution in [3.05, 3.63) is 23.9 Å². The highest BCUT2D eigenvalue weighted by Gasteiger charge is 2.34. The maximum atomic E-state index is 14.4. The molecule has 0 saturated carbocycles. The van der Waals surface area contributed by atoms with Crippen LogP contribution in [0.3, 0.4) is 0 Å². The minimum atomic E-state index is -1.34. The molecule has 0 unspecified atom stereocenters. The molecular formula is C14H17FN4O. The number of carbonyl (C=O) groups is 1. The van der Waals surface area contributed by atoms with E-state index in [2.05, 4.69) is 10.3 Å². The molecule has 0 aliphatic carbocycles. The zero-order valence-electron chi connectivity index (χ0n) is 11.4. The first-order valence-corrected chi connectivity index (χ1v) is 6.57. The van der Waals surface area contributed by atoms with Crippen molar-refractivity contribution in [3.8, 4) is 6.07 Å². The normalized spacial score (nSPS) is 17.4. The maximum absolute atomic E-state index is 14.4. The summed E-state index contributed by atoms with van der Waals surface area (Å²) < 4.78 is 14.4. The lowest BCUT2D eigenvalue weighted by atomic mass is 9.93. The van der Waals surface area contributed by atoms with Gasteiger partial charge < -0.3 is 10.2 Å². The van der Waals surface area contributed by atoms with Crippen molar-refractivity contribution in [2.45, 2.75) is 25.4 Å². The van der Waals surface area contributed by atoms with E-state index in [0.717, 1.165) is 5.82 Å². The molecule has 2 heterocycles. The van der Waals surface area contributed by atoms with Crippen molar-refractivity contribution in [3.63, 3.8) is 0 Å². The quantitative estimate of drug-likeness (QED) is 0.906. The van der Waals surface area contributed by atoms with E-state index in [9.17, 15) is 9.18 Å².